The van der Waals surface area contributed by atoms with Crippen LogP contribution in [0.15, 0.2) is 18.3 Å². The molecule has 0 aliphatic carbocycles. The van der Waals surface area contributed by atoms with E-state index in [0.717, 1.165) is 11.1 Å². The van der Waals surface area contributed by atoms with Crippen LogP contribution in [-0.4, -0.2) is 31.3 Å². The molecule has 0 fully saturated rings. The molecular weight excluding hydrogens is 315 g/mol. The average Bonchev–Trinajstić information content (AvgIpc) is 2.49. The van der Waals surface area contributed by atoms with Gasteiger partial charge in [-0.25, -0.2) is 9.97 Å². The fraction of sp³-hybridized carbons (Fsp3) is 0.286. The van der Waals surface area contributed by atoms with Crippen molar-refractivity contribution >= 4 is 23.2 Å². The second-order valence-electron chi connectivity index (χ2n) is 4.15. The van der Waals surface area contributed by atoms with Crippen LogP contribution in [0.4, 0.5) is 0 Å². The molecule has 5 nitrogen and oxygen atoms in total. The predicted octanol–water partition coefficient (Wildman–Crippen LogP) is 3.40. The van der Waals surface area contributed by atoms with Gasteiger partial charge in [0.1, 0.15) is 10.9 Å². The number of hydrogen-bond donors (Lipinski definition) is 0. The van der Waals surface area contributed by atoms with E-state index >= 15 is 0 Å². The van der Waals surface area contributed by atoms with E-state index in [2.05, 4.69) is 9.97 Å². The van der Waals surface area contributed by atoms with E-state index in [-0.39, 0.29) is 5.28 Å². The Morgan fingerprint density at radius 3 is 2.10 bits per heavy atom. The van der Waals surface area contributed by atoms with Crippen LogP contribution in [0.2, 0.25) is 10.4 Å². The van der Waals surface area contributed by atoms with E-state index in [1.807, 2.05) is 6.07 Å². The quantitative estimate of drug-likeness (QED) is 0.622. The van der Waals surface area contributed by atoms with Crippen molar-refractivity contribution in [2.24, 2.45) is 0 Å². The van der Waals surface area contributed by atoms with Crippen LogP contribution in [0, 0.1) is 0 Å². The lowest BCUT2D eigenvalue weighted by Crippen LogP contribution is -2.00. The maximum absolute atomic E-state index is 6.07. The third-order valence-electron chi connectivity index (χ3n) is 2.95. The second-order valence-corrected chi connectivity index (χ2v) is 4.85. The lowest BCUT2D eigenvalue weighted by molar-refractivity contribution is 0.348. The Morgan fingerprint density at radius 2 is 1.52 bits per heavy atom. The fourth-order valence-electron chi connectivity index (χ4n) is 1.92. The molecule has 0 radical (unpaired) electrons. The van der Waals surface area contributed by atoms with E-state index in [9.17, 15) is 0 Å². The molecule has 0 aliphatic rings. The molecule has 1 heterocycles. The molecule has 1 aromatic carbocycles. The summed E-state index contributed by atoms with van der Waals surface area (Å²) in [5, 5.41) is 0.426. The third kappa shape index (κ3) is 3.49. The highest BCUT2D eigenvalue weighted by Gasteiger charge is 2.14. The molecule has 0 unspecified atom stereocenters. The number of ether oxygens (including phenoxy) is 3. The number of aromatic nitrogens is 2. The first kappa shape index (κ1) is 15.7. The Hall–Kier alpha value is -1.72. The molecule has 0 N–H and O–H groups in total. The number of halogens is 2. The molecule has 0 bridgehead atoms. The highest BCUT2D eigenvalue weighted by atomic mass is 35.5. The maximum atomic E-state index is 6.07. The topological polar surface area (TPSA) is 53.5 Å². The summed E-state index contributed by atoms with van der Waals surface area (Å²) in [7, 11) is 4.73. The van der Waals surface area contributed by atoms with Crippen molar-refractivity contribution in [2.75, 3.05) is 21.3 Å². The van der Waals surface area contributed by atoms with E-state index in [1.165, 1.54) is 0 Å². The van der Waals surface area contributed by atoms with Gasteiger partial charge in [0.15, 0.2) is 11.5 Å². The van der Waals surface area contributed by atoms with Crippen molar-refractivity contribution in [3.8, 4) is 17.2 Å². The number of hydrogen-bond acceptors (Lipinski definition) is 5. The van der Waals surface area contributed by atoms with Crippen molar-refractivity contribution in [3.05, 3.63) is 39.9 Å². The molecule has 2 rings (SSSR count). The zero-order chi connectivity index (χ0) is 15.4. The average molecular weight is 329 g/mol. The minimum Gasteiger partial charge on any atom is -0.496 e. The largest absolute Gasteiger partial charge is 0.496 e. The summed E-state index contributed by atoms with van der Waals surface area (Å²) in [5.41, 5.74) is 1.62. The molecule has 112 valence electrons. The first-order valence-electron chi connectivity index (χ1n) is 6.04. The Kier molecular flexibility index (Phi) is 5.09. The minimum atomic E-state index is 0.114. The van der Waals surface area contributed by atoms with Gasteiger partial charge in [0, 0.05) is 29.8 Å². The molecule has 0 spiro atoms. The van der Waals surface area contributed by atoms with Crippen LogP contribution in [0.5, 0.6) is 17.2 Å². The van der Waals surface area contributed by atoms with Crippen LogP contribution in [0.3, 0.4) is 0 Å². The second kappa shape index (κ2) is 6.83. The zero-order valence-electron chi connectivity index (χ0n) is 11.8. The molecule has 0 amide bonds. The van der Waals surface area contributed by atoms with Crippen LogP contribution in [0.1, 0.15) is 11.1 Å². The maximum Gasteiger partial charge on any atom is 0.223 e. The van der Waals surface area contributed by atoms with E-state index in [4.69, 9.17) is 37.4 Å². The van der Waals surface area contributed by atoms with Crippen molar-refractivity contribution in [1.29, 1.82) is 0 Å². The van der Waals surface area contributed by atoms with Gasteiger partial charge < -0.3 is 14.2 Å². The van der Waals surface area contributed by atoms with Gasteiger partial charge in [0.2, 0.25) is 5.28 Å². The lowest BCUT2D eigenvalue weighted by Gasteiger charge is -2.14. The minimum absolute atomic E-state index is 0.114. The van der Waals surface area contributed by atoms with Crippen molar-refractivity contribution in [3.63, 3.8) is 0 Å². The molecule has 1 aromatic heterocycles. The summed E-state index contributed by atoms with van der Waals surface area (Å²) in [6.45, 7) is 0. The smallest absolute Gasteiger partial charge is 0.223 e. The van der Waals surface area contributed by atoms with Crippen molar-refractivity contribution in [1.82, 2.24) is 9.97 Å². The summed E-state index contributed by atoms with van der Waals surface area (Å²) >= 11 is 11.8. The van der Waals surface area contributed by atoms with Gasteiger partial charge in [-0.15, -0.1) is 0 Å². The summed E-state index contributed by atoms with van der Waals surface area (Å²) < 4.78 is 15.9. The van der Waals surface area contributed by atoms with Crippen LogP contribution >= 0.6 is 23.2 Å². The van der Waals surface area contributed by atoms with Gasteiger partial charge >= 0.3 is 0 Å². The van der Waals surface area contributed by atoms with Crippen LogP contribution in [0.25, 0.3) is 0 Å². The molecule has 2 aromatic rings. The Labute approximate surface area is 132 Å². The standard InChI is InChI=1S/C14H14Cl2N2O3/c1-19-10-6-12(21-3)11(20-2)5-8(10)4-9-7-17-14(16)18-13(9)15/h5-7H,4H2,1-3H3. The van der Waals surface area contributed by atoms with Crippen LogP contribution in [-0.2, 0) is 6.42 Å². The number of methoxy groups -OCH3 is 3. The van der Waals surface area contributed by atoms with E-state index < -0.39 is 0 Å². The SMILES string of the molecule is COc1cc(OC)c(OC)cc1Cc1cnc(Cl)nc1Cl. The molecule has 0 saturated carbocycles. The Balaban J connectivity index is 2.42. The van der Waals surface area contributed by atoms with Gasteiger partial charge in [-0.3, -0.25) is 0 Å². The summed E-state index contributed by atoms with van der Waals surface area (Å²) in [5.74, 6) is 1.87. The zero-order valence-corrected chi connectivity index (χ0v) is 13.3. The summed E-state index contributed by atoms with van der Waals surface area (Å²) in [4.78, 5) is 7.87. The molecule has 0 saturated heterocycles. The molecular formula is C14H14Cl2N2O3. The highest BCUT2D eigenvalue weighted by molar-refractivity contribution is 6.32. The van der Waals surface area contributed by atoms with Gasteiger partial charge in [0.05, 0.1) is 21.3 Å². The first-order chi connectivity index (χ1) is 10.1. The molecule has 0 atom stereocenters. The molecule has 21 heavy (non-hydrogen) atoms. The normalized spacial score (nSPS) is 10.3. The third-order valence-corrected chi connectivity index (χ3v) is 3.46. The van der Waals surface area contributed by atoms with E-state index in [1.54, 1.807) is 33.6 Å². The number of benzene rings is 1. The van der Waals surface area contributed by atoms with Gasteiger partial charge in [-0.05, 0) is 17.7 Å². The lowest BCUT2D eigenvalue weighted by atomic mass is 10.1. The van der Waals surface area contributed by atoms with E-state index in [0.29, 0.717) is 28.8 Å². The van der Waals surface area contributed by atoms with Crippen molar-refractivity contribution < 1.29 is 14.2 Å². The summed E-state index contributed by atoms with van der Waals surface area (Å²) in [6, 6.07) is 3.60. The highest BCUT2D eigenvalue weighted by Crippen LogP contribution is 2.36. The number of rotatable bonds is 5. The van der Waals surface area contributed by atoms with Crippen molar-refractivity contribution in [2.45, 2.75) is 6.42 Å². The van der Waals surface area contributed by atoms with Crippen LogP contribution < -0.4 is 14.2 Å². The van der Waals surface area contributed by atoms with Gasteiger partial charge in [-0.1, -0.05) is 11.6 Å². The molecule has 0 aliphatic heterocycles. The monoisotopic (exact) mass is 328 g/mol. The molecule has 7 heteroatoms. The van der Waals surface area contributed by atoms with Gasteiger partial charge in [0.25, 0.3) is 0 Å². The summed E-state index contributed by atoms with van der Waals surface area (Å²) in [6.07, 6.45) is 2.08. The van der Waals surface area contributed by atoms with Gasteiger partial charge in [-0.2, -0.15) is 0 Å². The first-order valence-corrected chi connectivity index (χ1v) is 6.80. The Bertz CT molecular complexity index is 650. The fourth-order valence-corrected chi connectivity index (χ4v) is 2.29. The number of nitrogens with zero attached hydrogens (tertiary/aromatic N) is 2. The Morgan fingerprint density at radius 1 is 0.905 bits per heavy atom. The predicted molar refractivity (Wildman–Crippen MR) is 81.0 cm³/mol.